The van der Waals surface area contributed by atoms with E-state index >= 15 is 0 Å². The number of thiophene rings is 1. The number of methoxy groups -OCH3 is 1. The van der Waals surface area contributed by atoms with E-state index in [0.717, 1.165) is 24.3 Å². The molecule has 1 aliphatic rings. The molecule has 0 aliphatic carbocycles. The average Bonchev–Trinajstić information content (AvgIpc) is 3.36. The van der Waals surface area contributed by atoms with Crippen LogP contribution in [0.5, 0.6) is 5.75 Å². The molecule has 1 unspecified atom stereocenters. The van der Waals surface area contributed by atoms with Gasteiger partial charge >= 0.3 is 0 Å². The third-order valence-electron chi connectivity index (χ3n) is 4.43. The monoisotopic (exact) mass is 341 g/mol. The van der Waals surface area contributed by atoms with Crippen molar-refractivity contribution in [1.29, 1.82) is 0 Å². The van der Waals surface area contributed by atoms with E-state index in [-0.39, 0.29) is 0 Å². The number of nitrogens with zero attached hydrogens (tertiary/aromatic N) is 3. The summed E-state index contributed by atoms with van der Waals surface area (Å²) in [6.45, 7) is 1.72. The first kappa shape index (κ1) is 15.4. The highest BCUT2D eigenvalue weighted by Gasteiger charge is 2.28. The van der Waals surface area contributed by atoms with Crippen molar-refractivity contribution in [2.24, 2.45) is 0 Å². The quantitative estimate of drug-likeness (QED) is 0.698. The van der Waals surface area contributed by atoms with Gasteiger partial charge in [0.25, 0.3) is 0 Å². The zero-order valence-electron chi connectivity index (χ0n) is 13.5. The van der Waals surface area contributed by atoms with Crippen molar-refractivity contribution in [3.8, 4) is 17.1 Å². The van der Waals surface area contributed by atoms with Crippen molar-refractivity contribution in [3.05, 3.63) is 52.5 Å². The fraction of sp³-hybridized carbons (Fsp3) is 0.333. The second-order valence-electron chi connectivity index (χ2n) is 5.93. The Labute approximate surface area is 144 Å². The second kappa shape index (κ2) is 6.75. The van der Waals surface area contributed by atoms with Crippen LogP contribution < -0.4 is 4.74 Å². The molecule has 0 saturated carbocycles. The van der Waals surface area contributed by atoms with Crippen LogP contribution in [0, 0.1) is 0 Å². The second-order valence-corrected chi connectivity index (χ2v) is 6.71. The van der Waals surface area contributed by atoms with Gasteiger partial charge in [0.05, 0.1) is 13.7 Å². The fourth-order valence-corrected chi connectivity index (χ4v) is 3.88. The number of rotatable bonds is 5. The predicted octanol–water partition coefficient (Wildman–Crippen LogP) is 4.14. The van der Waals surface area contributed by atoms with Gasteiger partial charge < -0.3 is 9.26 Å². The van der Waals surface area contributed by atoms with Crippen LogP contribution in [0.3, 0.4) is 0 Å². The van der Waals surface area contributed by atoms with Crippen LogP contribution in [-0.4, -0.2) is 28.7 Å². The molecule has 0 radical (unpaired) electrons. The van der Waals surface area contributed by atoms with Gasteiger partial charge in [0.15, 0.2) is 0 Å². The summed E-state index contributed by atoms with van der Waals surface area (Å²) >= 11 is 1.63. The number of aromatic nitrogens is 2. The number of ether oxygens (including phenoxy) is 1. The van der Waals surface area contributed by atoms with Crippen LogP contribution in [0.4, 0.5) is 0 Å². The molecule has 0 amide bonds. The van der Waals surface area contributed by atoms with E-state index in [2.05, 4.69) is 27.2 Å². The summed E-state index contributed by atoms with van der Waals surface area (Å²) in [7, 11) is 1.70. The van der Waals surface area contributed by atoms with Gasteiger partial charge in [-0.15, -0.1) is 0 Å². The van der Waals surface area contributed by atoms with Crippen LogP contribution in [0.2, 0.25) is 0 Å². The van der Waals surface area contributed by atoms with Crippen molar-refractivity contribution in [2.45, 2.75) is 25.4 Å². The minimum absolute atomic E-state index is 0.372. The highest BCUT2D eigenvalue weighted by Crippen LogP contribution is 2.34. The van der Waals surface area contributed by atoms with E-state index < -0.39 is 0 Å². The minimum atomic E-state index is 0.372. The topological polar surface area (TPSA) is 51.4 Å². The van der Waals surface area contributed by atoms with Crippen LogP contribution in [0.1, 0.15) is 30.3 Å². The molecule has 24 heavy (non-hydrogen) atoms. The first-order chi connectivity index (χ1) is 11.8. The molecule has 6 heteroatoms. The highest BCUT2D eigenvalue weighted by molar-refractivity contribution is 7.08. The molecule has 4 rings (SSSR count). The van der Waals surface area contributed by atoms with E-state index in [0.29, 0.717) is 24.3 Å². The zero-order valence-corrected chi connectivity index (χ0v) is 14.3. The summed E-state index contributed by atoms with van der Waals surface area (Å²) in [5, 5.41) is 8.15. The summed E-state index contributed by atoms with van der Waals surface area (Å²) in [4.78, 5) is 6.94. The van der Waals surface area contributed by atoms with Crippen molar-refractivity contribution < 1.29 is 9.26 Å². The third kappa shape index (κ3) is 3.07. The van der Waals surface area contributed by atoms with Gasteiger partial charge in [-0.1, -0.05) is 17.3 Å². The molecule has 0 bridgehead atoms. The molecule has 1 fully saturated rings. The number of hydrogen-bond acceptors (Lipinski definition) is 6. The maximum atomic E-state index is 5.46. The third-order valence-corrected chi connectivity index (χ3v) is 5.11. The number of hydrogen-bond donors (Lipinski definition) is 0. The first-order valence-electron chi connectivity index (χ1n) is 8.06. The Morgan fingerprint density at radius 3 is 3.17 bits per heavy atom. The van der Waals surface area contributed by atoms with Gasteiger partial charge in [-0.05, 0) is 48.5 Å². The lowest BCUT2D eigenvalue weighted by molar-refractivity contribution is 0.212. The lowest BCUT2D eigenvalue weighted by atomic mass is 10.0. The molecule has 1 saturated heterocycles. The van der Waals surface area contributed by atoms with Gasteiger partial charge in [0.1, 0.15) is 5.75 Å². The lowest BCUT2D eigenvalue weighted by Gasteiger charge is -2.23. The molecular weight excluding hydrogens is 322 g/mol. The Bertz CT molecular complexity index is 800. The van der Waals surface area contributed by atoms with Crippen LogP contribution in [-0.2, 0) is 6.54 Å². The summed E-state index contributed by atoms with van der Waals surface area (Å²) in [5.41, 5.74) is 2.30. The minimum Gasteiger partial charge on any atom is -0.497 e. The Morgan fingerprint density at radius 1 is 1.38 bits per heavy atom. The lowest BCUT2D eigenvalue weighted by Crippen LogP contribution is -2.23. The van der Waals surface area contributed by atoms with Crippen molar-refractivity contribution >= 4 is 11.3 Å². The van der Waals surface area contributed by atoms with Gasteiger partial charge in [-0.3, -0.25) is 4.90 Å². The number of likely N-dealkylation sites (tertiary alicyclic amines) is 1. The Kier molecular flexibility index (Phi) is 4.32. The van der Waals surface area contributed by atoms with E-state index in [9.17, 15) is 0 Å². The summed E-state index contributed by atoms with van der Waals surface area (Å²) < 4.78 is 10.8. The Hall–Kier alpha value is -2.18. The fourth-order valence-electron chi connectivity index (χ4n) is 3.24. The summed E-state index contributed by atoms with van der Waals surface area (Å²) in [5.74, 6) is 2.24. The van der Waals surface area contributed by atoms with Crippen LogP contribution in [0.25, 0.3) is 11.4 Å². The highest BCUT2D eigenvalue weighted by atomic mass is 32.1. The molecule has 124 valence electrons. The van der Waals surface area contributed by atoms with Gasteiger partial charge in [-0.25, -0.2) is 0 Å². The first-order valence-corrected chi connectivity index (χ1v) is 9.01. The van der Waals surface area contributed by atoms with Crippen molar-refractivity contribution in [2.75, 3.05) is 13.7 Å². The van der Waals surface area contributed by atoms with E-state index in [1.54, 1.807) is 18.4 Å². The Balaban J connectivity index is 1.51. The average molecular weight is 341 g/mol. The summed E-state index contributed by atoms with van der Waals surface area (Å²) in [6, 6.07) is 10.7. The van der Waals surface area contributed by atoms with E-state index in [4.69, 9.17) is 9.26 Å². The molecule has 5 nitrogen and oxygen atoms in total. The SMILES string of the molecule is COc1cccc(C2CCCN2Cc2nc(-c3ccsc3)no2)c1. The number of benzene rings is 1. The van der Waals surface area contributed by atoms with Gasteiger partial charge in [-0.2, -0.15) is 16.3 Å². The maximum absolute atomic E-state index is 5.46. The molecular formula is C18H19N3O2S. The normalized spacial score (nSPS) is 18.1. The molecule has 1 atom stereocenters. The molecule has 2 aromatic heterocycles. The van der Waals surface area contributed by atoms with Gasteiger partial charge in [0, 0.05) is 17.0 Å². The largest absolute Gasteiger partial charge is 0.497 e. The van der Waals surface area contributed by atoms with Crippen LogP contribution in [0.15, 0.2) is 45.6 Å². The van der Waals surface area contributed by atoms with E-state index in [1.165, 1.54) is 12.0 Å². The Morgan fingerprint density at radius 2 is 2.33 bits per heavy atom. The standard InChI is InChI=1S/C18H19N3O2S/c1-22-15-5-2-4-13(10-15)16-6-3-8-21(16)11-17-19-18(20-23-17)14-7-9-24-12-14/h2,4-5,7,9-10,12,16H,3,6,8,11H2,1H3. The van der Waals surface area contributed by atoms with Crippen molar-refractivity contribution in [1.82, 2.24) is 15.0 Å². The molecule has 0 spiro atoms. The molecule has 3 heterocycles. The zero-order chi connectivity index (χ0) is 16.4. The molecule has 1 aliphatic heterocycles. The van der Waals surface area contributed by atoms with E-state index in [1.807, 2.05) is 29.0 Å². The molecule has 1 aromatic carbocycles. The summed E-state index contributed by atoms with van der Waals surface area (Å²) in [6.07, 6.45) is 2.31. The van der Waals surface area contributed by atoms with Crippen molar-refractivity contribution in [3.63, 3.8) is 0 Å². The molecule has 0 N–H and O–H groups in total. The predicted molar refractivity (Wildman–Crippen MR) is 93.0 cm³/mol. The molecule has 3 aromatic rings. The smallest absolute Gasteiger partial charge is 0.241 e. The van der Waals surface area contributed by atoms with Gasteiger partial charge in [0.2, 0.25) is 11.7 Å². The van der Waals surface area contributed by atoms with Crippen LogP contribution >= 0.6 is 11.3 Å². The maximum Gasteiger partial charge on any atom is 0.241 e.